The van der Waals surface area contributed by atoms with E-state index in [0.29, 0.717) is 18.2 Å². The van der Waals surface area contributed by atoms with Crippen molar-refractivity contribution in [3.8, 4) is 5.88 Å². The third kappa shape index (κ3) is 4.26. The Kier molecular flexibility index (Phi) is 4.68. The molecule has 0 bridgehead atoms. The Hall–Kier alpha value is -1.85. The zero-order valence-electron chi connectivity index (χ0n) is 10.3. The second-order valence-corrected chi connectivity index (χ2v) is 3.79. The summed E-state index contributed by atoms with van der Waals surface area (Å²) in [5.74, 6) is 0.117. The third-order valence-corrected chi connectivity index (χ3v) is 2.02. The Bertz CT molecular complexity index is 382. The number of hydrogen-bond donors (Lipinski definition) is 1. The molecular formula is C11H17N3O3. The number of likely N-dealkylation sites (N-methyl/N-ethyl adjacent to an activating group) is 1. The second-order valence-electron chi connectivity index (χ2n) is 3.79. The molecule has 0 radical (unpaired) electrons. The van der Waals surface area contributed by atoms with E-state index in [0.717, 1.165) is 0 Å². The van der Waals surface area contributed by atoms with Crippen LogP contribution in [0.25, 0.3) is 0 Å². The van der Waals surface area contributed by atoms with Crippen molar-refractivity contribution in [3.63, 3.8) is 0 Å². The van der Waals surface area contributed by atoms with Crippen molar-refractivity contribution in [1.29, 1.82) is 0 Å². The number of carboxylic acid groups (broad SMARTS) is 1. The molecule has 0 aromatic carbocycles. The predicted molar refractivity (Wildman–Crippen MR) is 63.3 cm³/mol. The summed E-state index contributed by atoms with van der Waals surface area (Å²) in [6.07, 6.45) is 1.39. The summed E-state index contributed by atoms with van der Waals surface area (Å²) < 4.78 is 5.43. The molecule has 0 spiro atoms. The number of carbonyl (C=O) groups is 1. The zero-order chi connectivity index (χ0) is 12.8. The lowest BCUT2D eigenvalue weighted by Crippen LogP contribution is -2.30. The van der Waals surface area contributed by atoms with Gasteiger partial charge in [0.1, 0.15) is 18.7 Å². The topological polar surface area (TPSA) is 75.6 Å². The lowest BCUT2D eigenvalue weighted by atomic mass is 10.4. The molecule has 0 atom stereocenters. The molecule has 0 amide bonds. The summed E-state index contributed by atoms with van der Waals surface area (Å²) in [6.45, 7) is 6.14. The van der Waals surface area contributed by atoms with Gasteiger partial charge in [0, 0.05) is 12.6 Å². The Morgan fingerprint density at radius 1 is 1.53 bits per heavy atom. The number of ether oxygens (including phenoxy) is 1. The minimum absolute atomic E-state index is 0.0206. The molecule has 0 saturated carbocycles. The largest absolute Gasteiger partial charge is 0.480 e. The first kappa shape index (κ1) is 13.2. The van der Waals surface area contributed by atoms with Gasteiger partial charge in [0.05, 0.1) is 6.10 Å². The number of nitrogens with zero attached hydrogens (tertiary/aromatic N) is 3. The Balaban J connectivity index is 2.84. The van der Waals surface area contributed by atoms with Crippen LogP contribution in [-0.2, 0) is 4.79 Å². The number of anilines is 1. The van der Waals surface area contributed by atoms with Crippen molar-refractivity contribution in [3.05, 3.63) is 12.4 Å². The fourth-order valence-electron chi connectivity index (χ4n) is 1.33. The minimum Gasteiger partial charge on any atom is -0.480 e. The predicted octanol–water partition coefficient (Wildman–Crippen LogP) is 1.17. The van der Waals surface area contributed by atoms with E-state index >= 15 is 0 Å². The first-order valence-corrected chi connectivity index (χ1v) is 5.48. The normalized spacial score (nSPS) is 10.4. The van der Waals surface area contributed by atoms with Gasteiger partial charge in [0.15, 0.2) is 0 Å². The fourth-order valence-corrected chi connectivity index (χ4v) is 1.33. The van der Waals surface area contributed by atoms with Crippen molar-refractivity contribution >= 4 is 11.8 Å². The maximum absolute atomic E-state index is 10.7. The number of hydrogen-bond acceptors (Lipinski definition) is 5. The van der Waals surface area contributed by atoms with Crippen molar-refractivity contribution in [1.82, 2.24) is 9.97 Å². The summed E-state index contributed by atoms with van der Waals surface area (Å²) in [5, 5.41) is 8.77. The average Bonchev–Trinajstić information content (AvgIpc) is 2.25. The van der Waals surface area contributed by atoms with Gasteiger partial charge in [-0.1, -0.05) is 0 Å². The van der Waals surface area contributed by atoms with E-state index < -0.39 is 5.97 Å². The zero-order valence-corrected chi connectivity index (χ0v) is 10.3. The molecular weight excluding hydrogens is 222 g/mol. The van der Waals surface area contributed by atoms with Gasteiger partial charge in [-0.25, -0.2) is 9.97 Å². The lowest BCUT2D eigenvalue weighted by molar-refractivity contribution is -0.135. The Morgan fingerprint density at radius 2 is 2.24 bits per heavy atom. The third-order valence-electron chi connectivity index (χ3n) is 2.02. The van der Waals surface area contributed by atoms with Crippen LogP contribution in [0.5, 0.6) is 5.88 Å². The summed E-state index contributed by atoms with van der Waals surface area (Å²) in [7, 11) is 0. The highest BCUT2D eigenvalue weighted by molar-refractivity contribution is 5.73. The minimum atomic E-state index is -0.892. The monoisotopic (exact) mass is 239 g/mol. The van der Waals surface area contributed by atoms with Crippen LogP contribution in [0.4, 0.5) is 5.82 Å². The molecule has 0 unspecified atom stereocenters. The van der Waals surface area contributed by atoms with Crippen LogP contribution in [0.2, 0.25) is 0 Å². The molecule has 94 valence electrons. The van der Waals surface area contributed by atoms with E-state index in [4.69, 9.17) is 9.84 Å². The van der Waals surface area contributed by atoms with E-state index in [9.17, 15) is 4.79 Å². The number of rotatable bonds is 6. The molecule has 1 N–H and O–H groups in total. The van der Waals surface area contributed by atoms with Crippen LogP contribution < -0.4 is 9.64 Å². The molecule has 1 rings (SSSR count). The number of aromatic nitrogens is 2. The maximum Gasteiger partial charge on any atom is 0.323 e. The first-order valence-electron chi connectivity index (χ1n) is 5.48. The molecule has 0 fully saturated rings. The highest BCUT2D eigenvalue weighted by atomic mass is 16.5. The standard InChI is InChI=1S/C11H17N3O3/c1-4-14(6-11(15)16)9-5-10(13-7-12-9)17-8(2)3/h5,7-8H,4,6H2,1-3H3,(H,15,16). The van der Waals surface area contributed by atoms with Crippen molar-refractivity contribution < 1.29 is 14.6 Å². The summed E-state index contributed by atoms with van der Waals surface area (Å²) in [4.78, 5) is 20.3. The van der Waals surface area contributed by atoms with Gasteiger partial charge in [0.2, 0.25) is 5.88 Å². The molecule has 6 heteroatoms. The van der Waals surface area contributed by atoms with Gasteiger partial charge in [-0.2, -0.15) is 0 Å². The van der Waals surface area contributed by atoms with E-state index in [1.165, 1.54) is 6.33 Å². The van der Waals surface area contributed by atoms with Crippen LogP contribution in [0.15, 0.2) is 12.4 Å². The van der Waals surface area contributed by atoms with Gasteiger partial charge in [-0.3, -0.25) is 4.79 Å². The van der Waals surface area contributed by atoms with Crippen LogP contribution in [-0.4, -0.2) is 40.2 Å². The van der Waals surface area contributed by atoms with Crippen molar-refractivity contribution in [2.75, 3.05) is 18.0 Å². The van der Waals surface area contributed by atoms with Crippen molar-refractivity contribution in [2.45, 2.75) is 26.9 Å². The van der Waals surface area contributed by atoms with Crippen LogP contribution in [0.3, 0.4) is 0 Å². The molecule has 1 aromatic rings. The highest BCUT2D eigenvalue weighted by Gasteiger charge is 2.11. The smallest absolute Gasteiger partial charge is 0.323 e. The molecule has 1 aromatic heterocycles. The molecule has 0 saturated heterocycles. The molecule has 0 aliphatic heterocycles. The Morgan fingerprint density at radius 3 is 2.76 bits per heavy atom. The van der Waals surface area contributed by atoms with Gasteiger partial charge in [0.25, 0.3) is 0 Å². The van der Waals surface area contributed by atoms with E-state index in [2.05, 4.69) is 9.97 Å². The van der Waals surface area contributed by atoms with E-state index in [-0.39, 0.29) is 12.6 Å². The molecule has 1 heterocycles. The lowest BCUT2D eigenvalue weighted by Gasteiger charge is -2.19. The SMILES string of the molecule is CCN(CC(=O)O)c1cc(OC(C)C)ncn1. The van der Waals surface area contributed by atoms with Gasteiger partial charge in [-0.05, 0) is 20.8 Å². The summed E-state index contributed by atoms with van der Waals surface area (Å²) in [5.41, 5.74) is 0. The number of carboxylic acids is 1. The highest BCUT2D eigenvalue weighted by Crippen LogP contribution is 2.16. The first-order chi connectivity index (χ1) is 8.02. The summed E-state index contributed by atoms with van der Waals surface area (Å²) in [6, 6.07) is 1.65. The average molecular weight is 239 g/mol. The van der Waals surface area contributed by atoms with Crippen molar-refractivity contribution in [2.24, 2.45) is 0 Å². The van der Waals surface area contributed by atoms with Crippen LogP contribution >= 0.6 is 0 Å². The summed E-state index contributed by atoms with van der Waals surface area (Å²) >= 11 is 0. The van der Waals surface area contributed by atoms with E-state index in [1.54, 1.807) is 11.0 Å². The van der Waals surface area contributed by atoms with Gasteiger partial charge in [-0.15, -0.1) is 0 Å². The van der Waals surface area contributed by atoms with Gasteiger partial charge >= 0.3 is 5.97 Å². The maximum atomic E-state index is 10.7. The second kappa shape index (κ2) is 6.03. The molecule has 0 aliphatic carbocycles. The molecule has 17 heavy (non-hydrogen) atoms. The van der Waals surface area contributed by atoms with Gasteiger partial charge < -0.3 is 14.7 Å². The van der Waals surface area contributed by atoms with Crippen LogP contribution in [0, 0.1) is 0 Å². The van der Waals surface area contributed by atoms with Crippen LogP contribution in [0.1, 0.15) is 20.8 Å². The molecule has 0 aliphatic rings. The number of aliphatic carboxylic acids is 1. The molecule has 6 nitrogen and oxygen atoms in total. The van der Waals surface area contributed by atoms with E-state index in [1.807, 2.05) is 20.8 Å². The quantitative estimate of drug-likeness (QED) is 0.803. The fraction of sp³-hybridized carbons (Fsp3) is 0.545. The Labute approximate surface area is 100 Å².